The molecule has 0 bridgehead atoms. The summed E-state index contributed by atoms with van der Waals surface area (Å²) in [6.07, 6.45) is 0.672. The van der Waals surface area contributed by atoms with Crippen LogP contribution in [0.5, 0.6) is 5.75 Å². The van der Waals surface area contributed by atoms with Crippen molar-refractivity contribution in [3.8, 4) is 5.75 Å². The van der Waals surface area contributed by atoms with Gasteiger partial charge >= 0.3 is 6.18 Å². The van der Waals surface area contributed by atoms with Gasteiger partial charge in [0.25, 0.3) is 10.0 Å². The fourth-order valence-electron chi connectivity index (χ4n) is 4.70. The maximum atomic E-state index is 13.3. The second-order valence-corrected chi connectivity index (χ2v) is 10.7. The van der Waals surface area contributed by atoms with Crippen LogP contribution in [0, 0.1) is 11.8 Å². The topological polar surface area (TPSA) is 46.6 Å². The minimum atomic E-state index is -4.62. The average molecular weight is 466 g/mol. The molecule has 0 spiro atoms. The molecule has 0 unspecified atom stereocenters. The molecule has 0 aromatic heterocycles. The summed E-state index contributed by atoms with van der Waals surface area (Å²) in [7, 11) is -4.19. The number of rotatable bonds is 3. The van der Waals surface area contributed by atoms with Crippen molar-refractivity contribution in [3.05, 3.63) is 59.2 Å². The molecule has 1 saturated carbocycles. The predicted molar refractivity (Wildman–Crippen MR) is 118 cm³/mol. The summed E-state index contributed by atoms with van der Waals surface area (Å²) >= 11 is 0. The molecular weight excluding hydrogens is 439 g/mol. The average Bonchev–Trinajstić information content (AvgIpc) is 2.72. The lowest BCUT2D eigenvalue weighted by atomic mass is 9.80. The van der Waals surface area contributed by atoms with Crippen LogP contribution in [-0.4, -0.2) is 21.6 Å². The van der Waals surface area contributed by atoms with Crippen LogP contribution >= 0.6 is 0 Å². The van der Waals surface area contributed by atoms with Gasteiger partial charge in [-0.15, -0.1) is 0 Å². The summed E-state index contributed by atoms with van der Waals surface area (Å²) in [5, 5.41) is 0. The summed E-state index contributed by atoms with van der Waals surface area (Å²) in [5.41, 5.74) is 1.53. The van der Waals surface area contributed by atoms with E-state index in [2.05, 4.69) is 19.9 Å². The fourth-order valence-corrected chi connectivity index (χ4v) is 6.19. The van der Waals surface area contributed by atoms with Gasteiger partial charge in [0.15, 0.2) is 0 Å². The molecule has 2 aromatic rings. The number of benzene rings is 2. The molecule has 172 valence electrons. The van der Waals surface area contributed by atoms with Gasteiger partial charge in [-0.2, -0.15) is 13.2 Å². The third-order valence-electron chi connectivity index (χ3n) is 5.95. The third kappa shape index (κ3) is 4.65. The second-order valence-electron chi connectivity index (χ2n) is 8.84. The summed E-state index contributed by atoms with van der Waals surface area (Å²) in [6, 6.07) is 9.21. The number of anilines is 1. The fraction of sp³-hybridized carbons (Fsp3) is 0.417. The molecule has 0 radical (unpaired) electrons. The summed E-state index contributed by atoms with van der Waals surface area (Å²) < 4.78 is 72.8. The predicted octanol–water partition coefficient (Wildman–Crippen LogP) is 6.13. The van der Waals surface area contributed by atoms with Gasteiger partial charge in [0.2, 0.25) is 0 Å². The maximum absolute atomic E-state index is 13.3. The van der Waals surface area contributed by atoms with E-state index in [-0.39, 0.29) is 18.0 Å². The van der Waals surface area contributed by atoms with E-state index in [1.54, 1.807) is 12.1 Å². The Hall–Kier alpha value is -2.48. The highest BCUT2D eigenvalue weighted by Crippen LogP contribution is 2.39. The van der Waals surface area contributed by atoms with E-state index in [9.17, 15) is 21.6 Å². The molecule has 1 heterocycles. The van der Waals surface area contributed by atoms with Gasteiger partial charge in [0.1, 0.15) is 12.4 Å². The Kier molecular flexibility index (Phi) is 6.00. The Balaban J connectivity index is 1.71. The van der Waals surface area contributed by atoms with Gasteiger partial charge in [0.05, 0.1) is 22.7 Å². The van der Waals surface area contributed by atoms with E-state index in [1.807, 2.05) is 6.07 Å². The SMILES string of the molecule is C[C@@H]1CC(=Cc2ccc3c(c2)N(S(=O)(=O)c2cccc(C(F)(F)F)c2)CCO3)C[C@H](C)C1. The Bertz CT molecular complexity index is 1130. The Morgan fingerprint density at radius 2 is 1.78 bits per heavy atom. The van der Waals surface area contributed by atoms with Gasteiger partial charge in [-0.3, -0.25) is 4.31 Å². The number of allylic oxidation sites excluding steroid dienone is 1. The highest BCUT2D eigenvalue weighted by Gasteiger charge is 2.34. The van der Waals surface area contributed by atoms with Gasteiger partial charge in [-0.1, -0.05) is 37.6 Å². The number of nitrogens with zero attached hydrogens (tertiary/aromatic N) is 1. The number of fused-ring (bicyclic) bond motifs is 1. The molecule has 8 heteroatoms. The number of alkyl halides is 3. The first kappa shape index (κ1) is 22.7. The molecule has 1 aliphatic heterocycles. The van der Waals surface area contributed by atoms with Gasteiger partial charge in [-0.05, 0) is 67.0 Å². The van der Waals surface area contributed by atoms with Crippen molar-refractivity contribution in [2.24, 2.45) is 11.8 Å². The smallest absolute Gasteiger partial charge is 0.416 e. The summed E-state index contributed by atoms with van der Waals surface area (Å²) in [4.78, 5) is -0.390. The molecule has 1 fully saturated rings. The monoisotopic (exact) mass is 465 g/mol. The first-order chi connectivity index (χ1) is 15.0. The Morgan fingerprint density at radius 1 is 1.06 bits per heavy atom. The number of hydrogen-bond donors (Lipinski definition) is 0. The van der Waals surface area contributed by atoms with Crippen LogP contribution in [0.1, 0.15) is 44.2 Å². The van der Waals surface area contributed by atoms with Crippen LogP contribution in [0.25, 0.3) is 6.08 Å². The van der Waals surface area contributed by atoms with Crippen LogP contribution in [0.2, 0.25) is 0 Å². The zero-order chi connectivity index (χ0) is 23.1. The molecule has 2 atom stereocenters. The molecule has 0 amide bonds. The van der Waals surface area contributed by atoms with Crippen LogP contribution in [0.15, 0.2) is 52.9 Å². The normalized spacial score (nSPS) is 23.0. The lowest BCUT2D eigenvalue weighted by molar-refractivity contribution is -0.137. The molecule has 0 N–H and O–H groups in total. The zero-order valence-electron chi connectivity index (χ0n) is 18.0. The van der Waals surface area contributed by atoms with E-state index in [1.165, 1.54) is 18.1 Å². The minimum absolute atomic E-state index is 0.0275. The highest BCUT2D eigenvalue weighted by atomic mass is 32.2. The van der Waals surface area contributed by atoms with Crippen molar-refractivity contribution in [3.63, 3.8) is 0 Å². The zero-order valence-corrected chi connectivity index (χ0v) is 18.8. The van der Waals surface area contributed by atoms with Crippen molar-refractivity contribution in [1.29, 1.82) is 0 Å². The molecule has 32 heavy (non-hydrogen) atoms. The molecule has 1 aliphatic carbocycles. The molecule has 2 aliphatic rings. The molecular formula is C24H26F3NO3S. The van der Waals surface area contributed by atoms with Crippen molar-refractivity contribution in [2.45, 2.75) is 44.2 Å². The maximum Gasteiger partial charge on any atom is 0.416 e. The number of halogens is 3. The van der Waals surface area contributed by atoms with E-state index in [0.29, 0.717) is 29.3 Å². The molecule has 4 rings (SSSR count). The quantitative estimate of drug-likeness (QED) is 0.548. The van der Waals surface area contributed by atoms with Gasteiger partial charge < -0.3 is 4.74 Å². The van der Waals surface area contributed by atoms with Gasteiger partial charge in [0, 0.05) is 0 Å². The van der Waals surface area contributed by atoms with Crippen molar-refractivity contribution >= 4 is 21.8 Å². The van der Waals surface area contributed by atoms with Gasteiger partial charge in [-0.25, -0.2) is 8.42 Å². The first-order valence-corrected chi connectivity index (χ1v) is 12.1. The number of hydrogen-bond acceptors (Lipinski definition) is 3. The van der Waals surface area contributed by atoms with E-state index in [0.717, 1.165) is 34.8 Å². The van der Waals surface area contributed by atoms with Crippen LogP contribution in [0.4, 0.5) is 18.9 Å². The minimum Gasteiger partial charge on any atom is -0.489 e. The number of ether oxygens (including phenoxy) is 1. The largest absolute Gasteiger partial charge is 0.489 e. The molecule has 0 saturated heterocycles. The first-order valence-electron chi connectivity index (χ1n) is 10.7. The Labute approximate surface area is 186 Å². The van der Waals surface area contributed by atoms with Crippen LogP contribution in [-0.2, 0) is 16.2 Å². The van der Waals surface area contributed by atoms with E-state index >= 15 is 0 Å². The second kappa shape index (κ2) is 8.46. The lowest BCUT2D eigenvalue weighted by Gasteiger charge is -2.31. The third-order valence-corrected chi connectivity index (χ3v) is 7.76. The van der Waals surface area contributed by atoms with E-state index < -0.39 is 21.8 Å². The number of sulfonamides is 1. The van der Waals surface area contributed by atoms with Crippen LogP contribution in [0.3, 0.4) is 0 Å². The Morgan fingerprint density at radius 3 is 2.47 bits per heavy atom. The lowest BCUT2D eigenvalue weighted by Crippen LogP contribution is -2.38. The molecule has 4 nitrogen and oxygen atoms in total. The summed E-state index contributed by atoms with van der Waals surface area (Å²) in [6.45, 7) is 4.61. The summed E-state index contributed by atoms with van der Waals surface area (Å²) in [5.74, 6) is 1.60. The van der Waals surface area contributed by atoms with E-state index in [4.69, 9.17) is 4.74 Å². The highest BCUT2D eigenvalue weighted by molar-refractivity contribution is 7.92. The molecule has 2 aromatic carbocycles. The van der Waals surface area contributed by atoms with Crippen molar-refractivity contribution < 1.29 is 26.3 Å². The van der Waals surface area contributed by atoms with Crippen molar-refractivity contribution in [1.82, 2.24) is 0 Å². The van der Waals surface area contributed by atoms with Crippen LogP contribution < -0.4 is 9.04 Å². The van der Waals surface area contributed by atoms with Crippen molar-refractivity contribution in [2.75, 3.05) is 17.5 Å². The standard InChI is InChI=1S/C24H26F3NO3S/c1-16-10-17(2)12-19(11-16)13-18-6-7-23-22(14-18)28(8-9-31-23)32(29,30)21-5-3-4-20(15-21)24(25,26)27/h3-7,13-17H,8-12H2,1-2H3/t16-,17+.